The van der Waals surface area contributed by atoms with Crippen LogP contribution < -0.4 is 0 Å². The van der Waals surface area contributed by atoms with Crippen molar-refractivity contribution in [2.75, 3.05) is 0 Å². The standard InChI is InChI=1S/C37H30S/c1-23-13-17-31-32-18-14-24(2)22-36(32)38-37(35(31)21-23,33-19-15-25(3)27-9-5-7-11-29(27)33)34-20-16-26(4)28-10-6-8-12-30(28)34/h5-22H,1-4H3. The molecule has 0 saturated heterocycles. The number of fused-ring (bicyclic) bond motifs is 5. The lowest BCUT2D eigenvalue weighted by Gasteiger charge is -2.42. The Morgan fingerprint density at radius 2 is 0.947 bits per heavy atom. The maximum atomic E-state index is 2.44. The largest absolute Gasteiger partial charge is 0.104 e. The van der Waals surface area contributed by atoms with Gasteiger partial charge in [0.25, 0.3) is 0 Å². The highest BCUT2D eigenvalue weighted by atomic mass is 32.2. The van der Waals surface area contributed by atoms with Crippen molar-refractivity contribution in [3.63, 3.8) is 0 Å². The zero-order valence-electron chi connectivity index (χ0n) is 22.3. The Kier molecular flexibility index (Phi) is 5.29. The molecule has 0 spiro atoms. The first-order valence-electron chi connectivity index (χ1n) is 13.4. The van der Waals surface area contributed by atoms with E-state index < -0.39 is 4.75 Å². The van der Waals surface area contributed by atoms with Crippen LogP contribution >= 0.6 is 11.8 Å². The molecule has 0 radical (unpaired) electrons. The second kappa shape index (κ2) is 8.61. The molecular formula is C37H30S. The van der Waals surface area contributed by atoms with E-state index in [1.54, 1.807) is 0 Å². The number of thioether (sulfide) groups is 1. The molecule has 0 amide bonds. The van der Waals surface area contributed by atoms with Crippen molar-refractivity contribution >= 4 is 33.3 Å². The quantitative estimate of drug-likeness (QED) is 0.225. The number of rotatable bonds is 2. The molecule has 0 aromatic heterocycles. The second-order valence-corrected chi connectivity index (χ2v) is 12.0. The van der Waals surface area contributed by atoms with Crippen molar-refractivity contribution in [1.82, 2.24) is 0 Å². The van der Waals surface area contributed by atoms with Gasteiger partial charge < -0.3 is 0 Å². The highest BCUT2D eigenvalue weighted by molar-refractivity contribution is 8.01. The van der Waals surface area contributed by atoms with E-state index in [2.05, 4.69) is 137 Å². The third-order valence-corrected chi connectivity index (χ3v) is 9.81. The minimum Gasteiger partial charge on any atom is -0.104 e. The van der Waals surface area contributed by atoms with E-state index >= 15 is 0 Å². The zero-order valence-corrected chi connectivity index (χ0v) is 23.1. The number of hydrogen-bond acceptors (Lipinski definition) is 1. The van der Waals surface area contributed by atoms with Gasteiger partial charge in [-0.3, -0.25) is 0 Å². The summed E-state index contributed by atoms with van der Waals surface area (Å²) in [6.45, 7) is 8.88. The van der Waals surface area contributed by atoms with Crippen molar-refractivity contribution in [3.05, 3.63) is 148 Å². The minimum atomic E-state index is -0.414. The Bertz CT molecular complexity index is 1810. The third-order valence-electron chi connectivity index (χ3n) is 8.29. The molecule has 1 heteroatoms. The Hall–Kier alpha value is -3.81. The predicted octanol–water partition coefficient (Wildman–Crippen LogP) is 10.3. The molecular weight excluding hydrogens is 476 g/mol. The summed E-state index contributed by atoms with van der Waals surface area (Å²) in [7, 11) is 0. The molecule has 1 aliphatic heterocycles. The van der Waals surface area contributed by atoms with Gasteiger partial charge in [0.1, 0.15) is 0 Å². The third kappa shape index (κ3) is 3.32. The summed E-state index contributed by atoms with van der Waals surface area (Å²) < 4.78 is -0.414. The van der Waals surface area contributed by atoms with Crippen LogP contribution in [0.1, 0.15) is 38.9 Å². The summed E-state index contributed by atoms with van der Waals surface area (Å²) in [5.41, 5.74) is 12.0. The van der Waals surface area contributed by atoms with Gasteiger partial charge >= 0.3 is 0 Å². The van der Waals surface area contributed by atoms with E-state index in [1.807, 2.05) is 11.8 Å². The molecule has 1 aliphatic rings. The molecule has 0 bridgehead atoms. The molecule has 0 aliphatic carbocycles. The van der Waals surface area contributed by atoms with Crippen LogP contribution in [-0.4, -0.2) is 0 Å². The first-order chi connectivity index (χ1) is 18.5. The second-order valence-electron chi connectivity index (χ2n) is 10.8. The number of benzene rings is 6. The maximum Gasteiger partial charge on any atom is 0.0972 e. The molecule has 6 aromatic carbocycles. The maximum absolute atomic E-state index is 2.44. The summed E-state index contributed by atoms with van der Waals surface area (Å²) in [6, 6.07) is 41.3. The van der Waals surface area contributed by atoms with Gasteiger partial charge in [-0.15, -0.1) is 11.8 Å². The zero-order chi connectivity index (χ0) is 26.0. The molecule has 0 saturated carbocycles. The van der Waals surface area contributed by atoms with E-state index in [0.29, 0.717) is 0 Å². The van der Waals surface area contributed by atoms with Crippen molar-refractivity contribution in [3.8, 4) is 11.1 Å². The van der Waals surface area contributed by atoms with Crippen molar-refractivity contribution in [1.29, 1.82) is 0 Å². The molecule has 7 rings (SSSR count). The van der Waals surface area contributed by atoms with Crippen LogP contribution in [0.2, 0.25) is 0 Å². The Labute approximate surface area is 229 Å². The fraction of sp³-hybridized carbons (Fsp3) is 0.135. The number of hydrogen-bond donors (Lipinski definition) is 0. The molecule has 0 nitrogen and oxygen atoms in total. The van der Waals surface area contributed by atoms with E-state index in [4.69, 9.17) is 0 Å². The Balaban J connectivity index is 1.72. The molecule has 38 heavy (non-hydrogen) atoms. The van der Waals surface area contributed by atoms with Crippen LogP contribution in [0, 0.1) is 27.7 Å². The van der Waals surface area contributed by atoms with E-state index in [0.717, 1.165) is 0 Å². The van der Waals surface area contributed by atoms with Gasteiger partial charge in [0.2, 0.25) is 0 Å². The molecule has 0 unspecified atom stereocenters. The van der Waals surface area contributed by atoms with Crippen molar-refractivity contribution in [2.45, 2.75) is 37.3 Å². The smallest absolute Gasteiger partial charge is 0.0972 e. The SMILES string of the molecule is Cc1ccc2c(c1)SC(c1ccc(C)c3ccccc13)(c1ccc(C)c3ccccc13)c1cc(C)ccc1-2. The van der Waals surface area contributed by atoms with E-state index in [9.17, 15) is 0 Å². The number of aryl methyl sites for hydroxylation is 4. The first kappa shape index (κ1) is 23.3. The summed E-state index contributed by atoms with van der Waals surface area (Å²) in [6.07, 6.45) is 0. The molecule has 1 heterocycles. The van der Waals surface area contributed by atoms with Crippen LogP contribution in [0.3, 0.4) is 0 Å². The topological polar surface area (TPSA) is 0 Å². The predicted molar refractivity (Wildman–Crippen MR) is 164 cm³/mol. The normalized spacial score (nSPS) is 13.9. The van der Waals surface area contributed by atoms with Crippen molar-refractivity contribution in [2.24, 2.45) is 0 Å². The monoisotopic (exact) mass is 506 g/mol. The van der Waals surface area contributed by atoms with Crippen LogP contribution in [-0.2, 0) is 4.75 Å². The summed E-state index contributed by atoms with van der Waals surface area (Å²) in [5.74, 6) is 0. The van der Waals surface area contributed by atoms with Gasteiger partial charge in [0, 0.05) is 4.90 Å². The average Bonchev–Trinajstić information content (AvgIpc) is 2.93. The van der Waals surface area contributed by atoms with Gasteiger partial charge in [-0.2, -0.15) is 0 Å². The van der Waals surface area contributed by atoms with Crippen molar-refractivity contribution < 1.29 is 0 Å². The van der Waals surface area contributed by atoms with Gasteiger partial charge in [-0.25, -0.2) is 0 Å². The van der Waals surface area contributed by atoms with Crippen LogP contribution in [0.4, 0.5) is 0 Å². The molecule has 6 aromatic rings. The average molecular weight is 507 g/mol. The fourth-order valence-electron chi connectivity index (χ4n) is 6.40. The highest BCUT2D eigenvalue weighted by Gasteiger charge is 2.45. The van der Waals surface area contributed by atoms with Gasteiger partial charge in [0.15, 0.2) is 0 Å². The summed E-state index contributed by atoms with van der Waals surface area (Å²) in [5, 5.41) is 5.30. The minimum absolute atomic E-state index is 0.414. The van der Waals surface area contributed by atoms with E-state index in [-0.39, 0.29) is 0 Å². The molecule has 0 atom stereocenters. The molecule has 0 N–H and O–H groups in total. The fourth-order valence-corrected chi connectivity index (χ4v) is 8.12. The highest BCUT2D eigenvalue weighted by Crippen LogP contribution is 2.61. The Morgan fingerprint density at radius 3 is 1.53 bits per heavy atom. The summed E-state index contributed by atoms with van der Waals surface area (Å²) >= 11 is 2.02. The van der Waals surface area contributed by atoms with Gasteiger partial charge in [0.05, 0.1) is 4.75 Å². The lowest BCUT2D eigenvalue weighted by atomic mass is 9.75. The van der Waals surface area contributed by atoms with Gasteiger partial charge in [-0.1, -0.05) is 109 Å². The van der Waals surface area contributed by atoms with Crippen LogP contribution in [0.15, 0.2) is 114 Å². The van der Waals surface area contributed by atoms with Crippen LogP contribution in [0.25, 0.3) is 32.7 Å². The Morgan fingerprint density at radius 1 is 0.447 bits per heavy atom. The van der Waals surface area contributed by atoms with Gasteiger partial charge in [-0.05, 0) is 99.8 Å². The van der Waals surface area contributed by atoms with E-state index in [1.165, 1.54) is 76.5 Å². The molecule has 184 valence electrons. The lowest BCUT2D eigenvalue weighted by Crippen LogP contribution is -2.29. The lowest BCUT2D eigenvalue weighted by molar-refractivity contribution is 0.904. The molecule has 0 fully saturated rings. The summed E-state index contributed by atoms with van der Waals surface area (Å²) in [4.78, 5) is 1.34. The first-order valence-corrected chi connectivity index (χ1v) is 14.2. The van der Waals surface area contributed by atoms with Crippen LogP contribution in [0.5, 0.6) is 0 Å².